The Balaban J connectivity index is 1.75. The molecule has 0 saturated heterocycles. The topological polar surface area (TPSA) is 90.3 Å². The normalized spacial score (nSPS) is 10.8. The zero-order valence-electron chi connectivity index (χ0n) is 18.0. The van der Waals surface area contributed by atoms with Crippen LogP contribution >= 0.6 is 11.6 Å². The predicted molar refractivity (Wildman–Crippen MR) is 127 cm³/mol. The Morgan fingerprint density at radius 1 is 1.09 bits per heavy atom. The van der Waals surface area contributed by atoms with Crippen LogP contribution in [0.3, 0.4) is 0 Å². The third kappa shape index (κ3) is 4.78. The molecule has 2 aromatic carbocycles. The fraction of sp³-hybridized carbons (Fsp3) is 0.120. The quantitative estimate of drug-likeness (QED) is 0.434. The number of amides is 1. The van der Waals surface area contributed by atoms with Crippen LogP contribution in [0.5, 0.6) is 5.75 Å². The van der Waals surface area contributed by atoms with Crippen molar-refractivity contribution in [2.24, 2.45) is 0 Å². The second-order valence-corrected chi connectivity index (χ2v) is 7.88. The maximum absolute atomic E-state index is 13.1. The molecule has 166 valence electrons. The number of methoxy groups -OCH3 is 1. The highest BCUT2D eigenvalue weighted by molar-refractivity contribution is 6.31. The summed E-state index contributed by atoms with van der Waals surface area (Å²) in [5.74, 6) is -0.224. The molecule has 0 aliphatic heterocycles. The molecule has 0 saturated carbocycles. The molecule has 1 amide bonds. The number of ether oxygens (including phenoxy) is 1. The Morgan fingerprint density at radius 2 is 1.88 bits per heavy atom. The van der Waals surface area contributed by atoms with Crippen molar-refractivity contribution in [3.05, 3.63) is 98.9 Å². The summed E-state index contributed by atoms with van der Waals surface area (Å²) >= 11 is 6.02. The molecule has 8 heteroatoms. The van der Waals surface area contributed by atoms with E-state index < -0.39 is 11.2 Å². The van der Waals surface area contributed by atoms with Gasteiger partial charge in [-0.2, -0.15) is 0 Å². The van der Waals surface area contributed by atoms with Crippen LogP contribution in [0, 0.1) is 6.92 Å². The molecule has 0 bridgehead atoms. The monoisotopic (exact) mass is 461 g/mol. The molecule has 33 heavy (non-hydrogen) atoms. The van der Waals surface area contributed by atoms with Gasteiger partial charge in [0.25, 0.3) is 0 Å². The van der Waals surface area contributed by atoms with Gasteiger partial charge in [0.1, 0.15) is 17.9 Å². The maximum Gasteiger partial charge on any atom is 0.244 e. The third-order valence-electron chi connectivity index (χ3n) is 5.06. The highest BCUT2D eigenvalue weighted by Gasteiger charge is 2.19. The van der Waals surface area contributed by atoms with Gasteiger partial charge in [0, 0.05) is 34.2 Å². The largest absolute Gasteiger partial charge is 0.497 e. The molecular formula is C25H20ClN3O4. The number of halogens is 1. The molecule has 0 aliphatic carbocycles. The Bertz CT molecular complexity index is 1450. The van der Waals surface area contributed by atoms with E-state index in [1.807, 2.05) is 0 Å². The zero-order chi connectivity index (χ0) is 23.5. The number of aromatic nitrogens is 2. The van der Waals surface area contributed by atoms with E-state index >= 15 is 0 Å². The summed E-state index contributed by atoms with van der Waals surface area (Å²) in [7, 11) is 1.54. The number of aryl methyl sites for hydroxylation is 1. The highest BCUT2D eigenvalue weighted by atomic mass is 35.5. The summed E-state index contributed by atoms with van der Waals surface area (Å²) in [5.41, 5.74) is 1.33. The number of carbonyl (C=O) groups excluding carboxylic acids is 2. The van der Waals surface area contributed by atoms with Crippen LogP contribution in [0.2, 0.25) is 5.02 Å². The van der Waals surface area contributed by atoms with Crippen molar-refractivity contribution in [3.8, 4) is 5.75 Å². The molecule has 0 fully saturated rings. The SMILES string of the molecule is COc1cccc(NC(=O)Cn2cc(C(=O)c3cccc(Cl)c3)c(=O)c3ccc(C)nc32)c1. The number of pyridine rings is 2. The second-order valence-electron chi connectivity index (χ2n) is 7.44. The molecule has 4 rings (SSSR count). The number of ketones is 1. The molecule has 0 unspecified atom stereocenters. The van der Waals surface area contributed by atoms with Gasteiger partial charge in [0.15, 0.2) is 5.78 Å². The zero-order valence-corrected chi connectivity index (χ0v) is 18.7. The molecule has 7 nitrogen and oxygen atoms in total. The van der Waals surface area contributed by atoms with Gasteiger partial charge in [-0.25, -0.2) is 4.98 Å². The summed E-state index contributed by atoms with van der Waals surface area (Å²) in [4.78, 5) is 43.5. The molecule has 4 aromatic rings. The number of rotatable bonds is 6. The minimum atomic E-state index is -0.480. The molecular weight excluding hydrogens is 442 g/mol. The summed E-state index contributed by atoms with van der Waals surface area (Å²) in [6, 6.07) is 16.6. The Hall–Kier alpha value is -3.97. The lowest BCUT2D eigenvalue weighted by Gasteiger charge is -2.13. The van der Waals surface area contributed by atoms with Gasteiger partial charge in [-0.1, -0.05) is 29.8 Å². The first-order valence-corrected chi connectivity index (χ1v) is 10.5. The van der Waals surface area contributed by atoms with E-state index in [1.165, 1.54) is 16.8 Å². The number of nitrogens with zero attached hydrogens (tertiary/aromatic N) is 2. The number of carbonyl (C=O) groups is 2. The average Bonchev–Trinajstić information content (AvgIpc) is 2.80. The Labute approximate surface area is 194 Å². The van der Waals surface area contributed by atoms with Crippen LogP contribution in [0.4, 0.5) is 5.69 Å². The minimum Gasteiger partial charge on any atom is -0.497 e. The van der Waals surface area contributed by atoms with Gasteiger partial charge in [0.2, 0.25) is 11.3 Å². The molecule has 2 aromatic heterocycles. The summed E-state index contributed by atoms with van der Waals surface area (Å²) in [6.45, 7) is 1.63. The van der Waals surface area contributed by atoms with E-state index in [-0.39, 0.29) is 29.0 Å². The number of benzene rings is 2. The number of hydrogen-bond acceptors (Lipinski definition) is 5. The Kier molecular flexibility index (Phi) is 6.24. The summed E-state index contributed by atoms with van der Waals surface area (Å²) < 4.78 is 6.69. The fourth-order valence-corrected chi connectivity index (χ4v) is 3.67. The first-order chi connectivity index (χ1) is 15.9. The molecule has 1 N–H and O–H groups in total. The van der Waals surface area contributed by atoms with Gasteiger partial charge in [-0.3, -0.25) is 14.4 Å². The van der Waals surface area contributed by atoms with E-state index in [2.05, 4.69) is 10.3 Å². The Morgan fingerprint density at radius 3 is 2.64 bits per heavy atom. The molecule has 0 radical (unpaired) electrons. The van der Waals surface area contributed by atoms with E-state index in [0.717, 1.165) is 0 Å². The molecule has 0 spiro atoms. The lowest BCUT2D eigenvalue weighted by molar-refractivity contribution is -0.116. The van der Waals surface area contributed by atoms with E-state index in [4.69, 9.17) is 16.3 Å². The van der Waals surface area contributed by atoms with Crippen LogP contribution in [-0.2, 0) is 11.3 Å². The van der Waals surface area contributed by atoms with Gasteiger partial charge in [-0.15, -0.1) is 0 Å². The fourth-order valence-electron chi connectivity index (χ4n) is 3.48. The second kappa shape index (κ2) is 9.26. The standard InChI is InChI=1S/C25H20ClN3O4/c1-15-9-10-20-24(32)21(23(31)16-5-3-6-17(26)11-16)13-29(25(20)27-15)14-22(30)28-18-7-4-8-19(12-18)33-2/h3-13H,14H2,1-2H3,(H,28,30). The summed E-state index contributed by atoms with van der Waals surface area (Å²) in [5, 5.41) is 3.44. The number of anilines is 1. The predicted octanol–water partition coefficient (Wildman–Crippen LogP) is 4.24. The van der Waals surface area contributed by atoms with Crippen molar-refractivity contribution in [1.29, 1.82) is 0 Å². The van der Waals surface area contributed by atoms with Crippen molar-refractivity contribution in [3.63, 3.8) is 0 Å². The van der Waals surface area contributed by atoms with Crippen molar-refractivity contribution in [2.45, 2.75) is 13.5 Å². The third-order valence-corrected chi connectivity index (χ3v) is 5.29. The average molecular weight is 462 g/mol. The van der Waals surface area contributed by atoms with Crippen LogP contribution < -0.4 is 15.5 Å². The van der Waals surface area contributed by atoms with Gasteiger partial charge < -0.3 is 14.6 Å². The van der Waals surface area contributed by atoms with Crippen molar-refractivity contribution in [1.82, 2.24) is 9.55 Å². The van der Waals surface area contributed by atoms with E-state index in [9.17, 15) is 14.4 Å². The number of nitrogens with one attached hydrogen (secondary N) is 1. The van der Waals surface area contributed by atoms with Gasteiger partial charge in [0.05, 0.1) is 18.1 Å². The van der Waals surface area contributed by atoms with Crippen LogP contribution in [0.25, 0.3) is 11.0 Å². The highest BCUT2D eigenvalue weighted by Crippen LogP contribution is 2.19. The van der Waals surface area contributed by atoms with Gasteiger partial charge in [-0.05, 0) is 43.3 Å². The van der Waals surface area contributed by atoms with Crippen molar-refractivity contribution in [2.75, 3.05) is 12.4 Å². The molecule has 0 atom stereocenters. The maximum atomic E-state index is 13.1. The van der Waals surface area contributed by atoms with Crippen LogP contribution in [0.15, 0.2) is 71.7 Å². The van der Waals surface area contributed by atoms with Crippen LogP contribution in [0.1, 0.15) is 21.6 Å². The van der Waals surface area contributed by atoms with E-state index in [0.29, 0.717) is 27.8 Å². The van der Waals surface area contributed by atoms with Crippen LogP contribution in [-0.4, -0.2) is 28.4 Å². The van der Waals surface area contributed by atoms with Crippen molar-refractivity contribution < 1.29 is 14.3 Å². The van der Waals surface area contributed by atoms with E-state index in [1.54, 1.807) is 68.6 Å². The molecule has 2 heterocycles. The van der Waals surface area contributed by atoms with Gasteiger partial charge >= 0.3 is 0 Å². The minimum absolute atomic E-state index is 0.0652. The lowest BCUT2D eigenvalue weighted by atomic mass is 10.0. The number of fused-ring (bicyclic) bond motifs is 1. The first kappa shape index (κ1) is 22.2. The lowest BCUT2D eigenvalue weighted by Crippen LogP contribution is -2.25. The van der Waals surface area contributed by atoms with Crippen molar-refractivity contribution >= 4 is 40.0 Å². The first-order valence-electron chi connectivity index (χ1n) is 10.1. The number of hydrogen-bond donors (Lipinski definition) is 1. The molecule has 0 aliphatic rings. The smallest absolute Gasteiger partial charge is 0.244 e. The summed E-state index contributed by atoms with van der Waals surface area (Å²) in [6.07, 6.45) is 1.38.